The molecule has 43 heavy (non-hydrogen) atoms. The number of amides is 2. The van der Waals surface area contributed by atoms with E-state index in [1.807, 2.05) is 32.0 Å². The Hall–Kier alpha value is -3.56. The van der Waals surface area contributed by atoms with Crippen LogP contribution in [0.3, 0.4) is 0 Å². The number of rotatable bonds is 11. The van der Waals surface area contributed by atoms with Crippen molar-refractivity contribution in [3.63, 3.8) is 0 Å². The lowest BCUT2D eigenvalue weighted by Crippen LogP contribution is -2.53. The Morgan fingerprint density at radius 2 is 1.60 bits per heavy atom. The Morgan fingerprint density at radius 3 is 2.21 bits per heavy atom. The standard InChI is InChI=1S/C33H40ClN3O5S/c1-23-10-15-29(20-24(23)2)37(43(40,41)31-18-13-27(34)14-19-31)22-32(38)36(21-26-11-16-30(42-4)17-12-26)25(3)33(39)35-28-8-6-5-7-9-28/h10-20,25,28H,5-9,21-22H2,1-4H3,(H,35,39)/t25-/m1/s1. The molecule has 1 N–H and O–H groups in total. The van der Waals surface area contributed by atoms with Gasteiger partial charge in [0.05, 0.1) is 17.7 Å². The highest BCUT2D eigenvalue weighted by Crippen LogP contribution is 2.27. The molecule has 0 aromatic heterocycles. The van der Waals surface area contributed by atoms with Crippen LogP contribution in [0.25, 0.3) is 0 Å². The summed E-state index contributed by atoms with van der Waals surface area (Å²) in [6.07, 6.45) is 5.08. The number of ether oxygens (including phenoxy) is 1. The molecule has 1 aliphatic rings. The van der Waals surface area contributed by atoms with E-state index in [0.717, 1.165) is 53.1 Å². The summed E-state index contributed by atoms with van der Waals surface area (Å²) in [5.41, 5.74) is 3.02. The topological polar surface area (TPSA) is 96.0 Å². The average molecular weight is 626 g/mol. The Balaban J connectivity index is 1.69. The van der Waals surface area contributed by atoms with Gasteiger partial charge in [0.15, 0.2) is 0 Å². The minimum atomic E-state index is -4.17. The summed E-state index contributed by atoms with van der Waals surface area (Å²) < 4.78 is 34.4. The van der Waals surface area contributed by atoms with Crippen molar-refractivity contribution < 1.29 is 22.7 Å². The number of nitrogens with one attached hydrogen (secondary N) is 1. The van der Waals surface area contributed by atoms with Gasteiger partial charge in [0.25, 0.3) is 10.0 Å². The zero-order valence-electron chi connectivity index (χ0n) is 25.2. The van der Waals surface area contributed by atoms with Crippen LogP contribution in [0.2, 0.25) is 5.02 Å². The third-order valence-corrected chi connectivity index (χ3v) is 10.1. The lowest BCUT2D eigenvalue weighted by Gasteiger charge is -2.33. The van der Waals surface area contributed by atoms with Crippen LogP contribution in [-0.2, 0) is 26.2 Å². The van der Waals surface area contributed by atoms with E-state index in [2.05, 4.69) is 5.32 Å². The van der Waals surface area contributed by atoms with Crippen LogP contribution in [0.5, 0.6) is 5.75 Å². The van der Waals surface area contributed by atoms with E-state index in [0.29, 0.717) is 16.5 Å². The molecule has 3 aromatic carbocycles. The Bertz CT molecular complexity index is 1520. The number of aryl methyl sites for hydroxylation is 2. The number of hydrogen-bond acceptors (Lipinski definition) is 5. The van der Waals surface area contributed by atoms with Gasteiger partial charge < -0.3 is 15.0 Å². The third kappa shape index (κ3) is 8.09. The third-order valence-electron chi connectivity index (χ3n) is 8.09. The van der Waals surface area contributed by atoms with Gasteiger partial charge in [-0.25, -0.2) is 8.42 Å². The number of nitrogens with zero attached hydrogens (tertiary/aromatic N) is 2. The van der Waals surface area contributed by atoms with Gasteiger partial charge in [-0.05, 0) is 98.8 Å². The van der Waals surface area contributed by atoms with Gasteiger partial charge in [-0.3, -0.25) is 13.9 Å². The van der Waals surface area contributed by atoms with E-state index in [1.165, 1.54) is 29.2 Å². The summed E-state index contributed by atoms with van der Waals surface area (Å²) in [6.45, 7) is 5.13. The first kappa shape index (κ1) is 32.4. The number of benzene rings is 3. The van der Waals surface area contributed by atoms with E-state index in [1.54, 1.807) is 38.3 Å². The molecule has 0 heterocycles. The SMILES string of the molecule is COc1ccc(CN(C(=O)CN(c2ccc(C)c(C)c2)S(=O)(=O)c2ccc(Cl)cc2)[C@H](C)C(=O)NC2CCCCC2)cc1. The maximum Gasteiger partial charge on any atom is 0.264 e. The largest absolute Gasteiger partial charge is 0.497 e. The van der Waals surface area contributed by atoms with E-state index in [-0.39, 0.29) is 23.4 Å². The van der Waals surface area contributed by atoms with E-state index in [9.17, 15) is 18.0 Å². The molecular formula is C33H40ClN3O5S. The van der Waals surface area contributed by atoms with E-state index < -0.39 is 28.5 Å². The van der Waals surface area contributed by atoms with Crippen LogP contribution in [0.4, 0.5) is 5.69 Å². The molecule has 8 nitrogen and oxygen atoms in total. The van der Waals surface area contributed by atoms with Crippen LogP contribution in [0.15, 0.2) is 71.6 Å². The maximum atomic E-state index is 14.2. The van der Waals surface area contributed by atoms with Crippen LogP contribution in [0, 0.1) is 13.8 Å². The molecule has 1 aliphatic carbocycles. The van der Waals surface area contributed by atoms with Crippen molar-refractivity contribution in [1.29, 1.82) is 0 Å². The summed E-state index contributed by atoms with van der Waals surface area (Å²) in [4.78, 5) is 29.1. The van der Waals surface area contributed by atoms with Crippen molar-refractivity contribution in [1.82, 2.24) is 10.2 Å². The van der Waals surface area contributed by atoms with Gasteiger partial charge in [0.1, 0.15) is 18.3 Å². The molecule has 3 aromatic rings. The predicted molar refractivity (Wildman–Crippen MR) is 170 cm³/mol. The van der Waals surface area contributed by atoms with Crippen LogP contribution < -0.4 is 14.4 Å². The van der Waals surface area contributed by atoms with E-state index >= 15 is 0 Å². The number of anilines is 1. The number of hydrogen-bond donors (Lipinski definition) is 1. The molecule has 0 radical (unpaired) electrons. The Labute approximate surface area is 260 Å². The highest BCUT2D eigenvalue weighted by atomic mass is 35.5. The summed E-state index contributed by atoms with van der Waals surface area (Å²) in [5.74, 6) is -0.0929. The second-order valence-electron chi connectivity index (χ2n) is 11.1. The minimum Gasteiger partial charge on any atom is -0.497 e. The summed E-state index contributed by atoms with van der Waals surface area (Å²) in [5, 5.41) is 3.52. The Morgan fingerprint density at radius 1 is 0.953 bits per heavy atom. The maximum absolute atomic E-state index is 14.2. The molecule has 0 spiro atoms. The zero-order chi connectivity index (χ0) is 31.1. The van der Waals surface area contributed by atoms with Gasteiger partial charge in [-0.15, -0.1) is 0 Å². The van der Waals surface area contributed by atoms with Gasteiger partial charge in [0.2, 0.25) is 11.8 Å². The number of carbonyl (C=O) groups is 2. The molecule has 1 saturated carbocycles. The van der Waals surface area contributed by atoms with Crippen molar-refractivity contribution in [3.05, 3.63) is 88.4 Å². The van der Waals surface area contributed by atoms with Gasteiger partial charge >= 0.3 is 0 Å². The van der Waals surface area contributed by atoms with Gasteiger partial charge in [-0.1, -0.05) is 49.1 Å². The highest BCUT2D eigenvalue weighted by Gasteiger charge is 2.33. The van der Waals surface area contributed by atoms with Crippen molar-refractivity contribution in [2.24, 2.45) is 0 Å². The average Bonchev–Trinajstić information content (AvgIpc) is 3.00. The fourth-order valence-electron chi connectivity index (χ4n) is 5.22. The first-order chi connectivity index (χ1) is 20.5. The smallest absolute Gasteiger partial charge is 0.264 e. The molecule has 1 fully saturated rings. The van der Waals surface area contributed by atoms with Crippen LogP contribution in [0.1, 0.15) is 55.7 Å². The molecule has 10 heteroatoms. The Kier molecular flexibility index (Phi) is 10.7. The van der Waals surface area contributed by atoms with E-state index in [4.69, 9.17) is 16.3 Å². The minimum absolute atomic E-state index is 0.00715. The second-order valence-corrected chi connectivity index (χ2v) is 13.4. The van der Waals surface area contributed by atoms with Crippen molar-refractivity contribution in [2.75, 3.05) is 18.0 Å². The fraction of sp³-hybridized carbons (Fsp3) is 0.394. The molecule has 0 aliphatic heterocycles. The van der Waals surface area contributed by atoms with Gasteiger partial charge in [-0.2, -0.15) is 0 Å². The lowest BCUT2D eigenvalue weighted by atomic mass is 9.95. The van der Waals surface area contributed by atoms with Crippen molar-refractivity contribution >= 4 is 39.1 Å². The monoisotopic (exact) mass is 625 g/mol. The quantitative estimate of drug-likeness (QED) is 0.281. The van der Waals surface area contributed by atoms with Crippen LogP contribution >= 0.6 is 11.6 Å². The normalized spacial score (nSPS) is 14.5. The first-order valence-electron chi connectivity index (χ1n) is 14.6. The number of methoxy groups -OCH3 is 1. The zero-order valence-corrected chi connectivity index (χ0v) is 26.7. The predicted octanol–water partition coefficient (Wildman–Crippen LogP) is 6.03. The molecular weight excluding hydrogens is 586 g/mol. The fourth-order valence-corrected chi connectivity index (χ4v) is 6.75. The molecule has 0 unspecified atom stereocenters. The lowest BCUT2D eigenvalue weighted by molar-refractivity contribution is -0.139. The number of carbonyl (C=O) groups excluding carboxylic acids is 2. The molecule has 2 amide bonds. The number of sulfonamides is 1. The molecule has 0 saturated heterocycles. The summed E-state index contributed by atoms with van der Waals surface area (Å²) >= 11 is 6.04. The number of halogens is 1. The molecule has 4 rings (SSSR count). The van der Waals surface area contributed by atoms with Crippen molar-refractivity contribution in [3.8, 4) is 5.75 Å². The molecule has 1 atom stereocenters. The first-order valence-corrected chi connectivity index (χ1v) is 16.4. The highest BCUT2D eigenvalue weighted by molar-refractivity contribution is 7.92. The summed E-state index contributed by atoms with van der Waals surface area (Å²) in [7, 11) is -2.60. The second kappa shape index (κ2) is 14.3. The van der Waals surface area contributed by atoms with Crippen molar-refractivity contribution in [2.45, 2.75) is 76.4 Å². The molecule has 230 valence electrons. The van der Waals surface area contributed by atoms with Crippen LogP contribution in [-0.4, -0.2) is 50.9 Å². The summed E-state index contributed by atoms with van der Waals surface area (Å²) in [6, 6.07) is 17.6. The molecule has 0 bridgehead atoms. The van der Waals surface area contributed by atoms with Gasteiger partial charge in [0, 0.05) is 17.6 Å².